The number of hydrogen-bond acceptors (Lipinski definition) is 8. The molecule has 3 aliphatic heterocycles. The summed E-state index contributed by atoms with van der Waals surface area (Å²) in [6.45, 7) is 6.35. The maximum Gasteiger partial charge on any atom is 0.231 e. The maximum absolute atomic E-state index is 13.1. The van der Waals surface area contributed by atoms with Gasteiger partial charge in [0, 0.05) is 76.3 Å². The van der Waals surface area contributed by atoms with Gasteiger partial charge in [-0.05, 0) is 54.7 Å². The Bertz CT molecular complexity index is 1300. The van der Waals surface area contributed by atoms with Crippen molar-refractivity contribution in [3.8, 4) is 28.9 Å². The van der Waals surface area contributed by atoms with Crippen molar-refractivity contribution in [1.82, 2.24) is 14.8 Å². The molecule has 0 atom stereocenters. The lowest BCUT2D eigenvalue weighted by Crippen LogP contribution is -2.48. The molecule has 0 saturated carbocycles. The topological polar surface area (TPSA) is 76.6 Å². The third-order valence-electron chi connectivity index (χ3n) is 8.01. The van der Waals surface area contributed by atoms with E-state index < -0.39 is 0 Å². The summed E-state index contributed by atoms with van der Waals surface area (Å²) in [5.74, 6) is 4.20. The van der Waals surface area contributed by atoms with Gasteiger partial charge in [0.1, 0.15) is 0 Å². The minimum Gasteiger partial charge on any atom is -0.493 e. The molecule has 3 aromatic rings. The SMILES string of the molecule is COc1cc(N2CCC(CC(=O)N3CCN(Cc4ccc5c(c4)OCO5)CC3)CC2)ccc1Oc1ccccn1. The second-order valence-corrected chi connectivity index (χ2v) is 10.6. The van der Waals surface area contributed by atoms with E-state index in [2.05, 4.69) is 33.0 Å². The van der Waals surface area contributed by atoms with Crippen LogP contribution in [0.1, 0.15) is 24.8 Å². The molecule has 0 aliphatic carbocycles. The Balaban J connectivity index is 0.954. The zero-order chi connectivity index (χ0) is 27.3. The summed E-state index contributed by atoms with van der Waals surface area (Å²) in [6.07, 6.45) is 4.35. The smallest absolute Gasteiger partial charge is 0.231 e. The predicted octanol–water partition coefficient (Wildman–Crippen LogP) is 4.56. The fraction of sp³-hybridized carbons (Fsp3) is 0.419. The summed E-state index contributed by atoms with van der Waals surface area (Å²) in [5.41, 5.74) is 2.32. The molecule has 0 radical (unpaired) electrons. The van der Waals surface area contributed by atoms with E-state index in [0.717, 1.165) is 75.8 Å². The van der Waals surface area contributed by atoms with Crippen LogP contribution in [0.5, 0.6) is 28.9 Å². The Hall–Kier alpha value is -3.98. The summed E-state index contributed by atoms with van der Waals surface area (Å²) < 4.78 is 22.4. The lowest BCUT2D eigenvalue weighted by Gasteiger charge is -2.37. The van der Waals surface area contributed by atoms with E-state index in [1.54, 1.807) is 13.3 Å². The Kier molecular flexibility index (Phi) is 7.90. The number of nitrogens with zero attached hydrogens (tertiary/aromatic N) is 4. The van der Waals surface area contributed by atoms with Crippen molar-refractivity contribution in [1.29, 1.82) is 0 Å². The number of aromatic nitrogens is 1. The number of fused-ring (bicyclic) bond motifs is 1. The molecule has 1 amide bonds. The van der Waals surface area contributed by atoms with Crippen molar-refractivity contribution in [2.24, 2.45) is 5.92 Å². The first-order valence-electron chi connectivity index (χ1n) is 14.0. The molecular formula is C31H36N4O5. The molecule has 4 heterocycles. The number of rotatable bonds is 8. The molecule has 6 rings (SSSR count). The zero-order valence-corrected chi connectivity index (χ0v) is 23.0. The van der Waals surface area contributed by atoms with Gasteiger partial charge < -0.3 is 28.7 Å². The fourth-order valence-electron chi connectivity index (χ4n) is 5.68. The summed E-state index contributed by atoms with van der Waals surface area (Å²) in [6, 6.07) is 17.7. The van der Waals surface area contributed by atoms with E-state index in [-0.39, 0.29) is 0 Å². The number of amides is 1. The van der Waals surface area contributed by atoms with Gasteiger partial charge in [0.2, 0.25) is 18.6 Å². The Morgan fingerprint density at radius 2 is 1.75 bits per heavy atom. The monoisotopic (exact) mass is 544 g/mol. The summed E-state index contributed by atoms with van der Waals surface area (Å²) in [5, 5.41) is 0. The fourth-order valence-corrected chi connectivity index (χ4v) is 5.68. The van der Waals surface area contributed by atoms with Crippen LogP contribution >= 0.6 is 0 Å². The van der Waals surface area contributed by atoms with Gasteiger partial charge >= 0.3 is 0 Å². The summed E-state index contributed by atoms with van der Waals surface area (Å²) >= 11 is 0. The first kappa shape index (κ1) is 26.3. The van der Waals surface area contributed by atoms with E-state index in [0.29, 0.717) is 42.4 Å². The van der Waals surface area contributed by atoms with Crippen molar-refractivity contribution in [2.45, 2.75) is 25.8 Å². The lowest BCUT2D eigenvalue weighted by molar-refractivity contribution is -0.134. The molecule has 2 saturated heterocycles. The average Bonchev–Trinajstić information content (AvgIpc) is 3.47. The highest BCUT2D eigenvalue weighted by atomic mass is 16.7. The minimum absolute atomic E-state index is 0.291. The number of pyridine rings is 1. The van der Waals surface area contributed by atoms with E-state index >= 15 is 0 Å². The number of piperidine rings is 1. The van der Waals surface area contributed by atoms with Crippen molar-refractivity contribution < 1.29 is 23.7 Å². The first-order valence-corrected chi connectivity index (χ1v) is 14.0. The van der Waals surface area contributed by atoms with Crippen LogP contribution < -0.4 is 23.8 Å². The molecule has 9 heteroatoms. The Morgan fingerprint density at radius 1 is 0.925 bits per heavy atom. The highest BCUT2D eigenvalue weighted by Gasteiger charge is 2.27. The van der Waals surface area contributed by atoms with Crippen molar-refractivity contribution in [3.05, 3.63) is 66.4 Å². The average molecular weight is 545 g/mol. The van der Waals surface area contributed by atoms with Gasteiger partial charge in [0.15, 0.2) is 23.0 Å². The third-order valence-corrected chi connectivity index (χ3v) is 8.01. The van der Waals surface area contributed by atoms with Crippen LogP contribution in [0.3, 0.4) is 0 Å². The molecule has 9 nitrogen and oxygen atoms in total. The molecule has 2 aromatic carbocycles. The number of benzene rings is 2. The van der Waals surface area contributed by atoms with Crippen LogP contribution in [0.4, 0.5) is 5.69 Å². The van der Waals surface area contributed by atoms with Gasteiger partial charge in [-0.25, -0.2) is 4.98 Å². The largest absolute Gasteiger partial charge is 0.493 e. The summed E-state index contributed by atoms with van der Waals surface area (Å²) in [7, 11) is 1.65. The van der Waals surface area contributed by atoms with Crippen LogP contribution in [0, 0.1) is 5.92 Å². The number of methoxy groups -OCH3 is 1. The van der Waals surface area contributed by atoms with Crippen LogP contribution in [0.15, 0.2) is 60.8 Å². The second-order valence-electron chi connectivity index (χ2n) is 10.6. The van der Waals surface area contributed by atoms with Gasteiger partial charge in [-0.15, -0.1) is 0 Å². The number of carbonyl (C=O) groups excluding carboxylic acids is 1. The number of anilines is 1. The molecular weight excluding hydrogens is 508 g/mol. The van der Waals surface area contributed by atoms with Crippen LogP contribution in [0.2, 0.25) is 0 Å². The van der Waals surface area contributed by atoms with Crippen molar-refractivity contribution in [2.75, 3.05) is 58.1 Å². The van der Waals surface area contributed by atoms with Crippen LogP contribution in [-0.2, 0) is 11.3 Å². The molecule has 0 N–H and O–H groups in total. The standard InChI is InChI=1S/C31H36N4O5/c1-37-28-20-25(6-8-27(28)40-30-4-2-3-11-32-30)34-12-9-23(10-13-34)19-31(36)35-16-14-33(15-17-35)21-24-5-7-26-29(18-24)39-22-38-26/h2-8,11,18,20,23H,9-10,12-17,19,21-22H2,1H3. The molecule has 210 valence electrons. The first-order chi connectivity index (χ1) is 19.6. The van der Waals surface area contributed by atoms with Gasteiger partial charge in [-0.2, -0.15) is 0 Å². The molecule has 0 unspecified atom stereocenters. The van der Waals surface area contributed by atoms with Gasteiger partial charge in [0.25, 0.3) is 0 Å². The van der Waals surface area contributed by atoms with Gasteiger partial charge in [0.05, 0.1) is 7.11 Å². The van der Waals surface area contributed by atoms with Crippen LogP contribution in [0.25, 0.3) is 0 Å². The molecule has 0 spiro atoms. The Labute approximate surface area is 235 Å². The second kappa shape index (κ2) is 12.0. The lowest BCUT2D eigenvalue weighted by atomic mass is 9.92. The number of carbonyl (C=O) groups is 1. The molecule has 0 bridgehead atoms. The number of hydrogen-bond donors (Lipinski definition) is 0. The minimum atomic E-state index is 0.291. The van der Waals surface area contributed by atoms with Gasteiger partial charge in [-0.3, -0.25) is 9.69 Å². The van der Waals surface area contributed by atoms with E-state index in [1.807, 2.05) is 41.3 Å². The summed E-state index contributed by atoms with van der Waals surface area (Å²) in [4.78, 5) is 24.2. The van der Waals surface area contributed by atoms with Crippen molar-refractivity contribution >= 4 is 11.6 Å². The maximum atomic E-state index is 13.1. The molecule has 2 fully saturated rings. The normalized spacial score (nSPS) is 17.6. The predicted molar refractivity (Wildman–Crippen MR) is 151 cm³/mol. The van der Waals surface area contributed by atoms with E-state index in [1.165, 1.54) is 5.56 Å². The number of ether oxygens (including phenoxy) is 4. The van der Waals surface area contributed by atoms with Crippen molar-refractivity contribution in [3.63, 3.8) is 0 Å². The third kappa shape index (κ3) is 6.09. The number of piperazine rings is 1. The molecule has 1 aromatic heterocycles. The van der Waals surface area contributed by atoms with E-state index in [4.69, 9.17) is 18.9 Å². The molecule has 40 heavy (non-hydrogen) atoms. The quantitative estimate of drug-likeness (QED) is 0.409. The Morgan fingerprint density at radius 3 is 2.52 bits per heavy atom. The highest BCUT2D eigenvalue weighted by Crippen LogP contribution is 2.36. The van der Waals surface area contributed by atoms with Gasteiger partial charge in [-0.1, -0.05) is 12.1 Å². The van der Waals surface area contributed by atoms with E-state index in [9.17, 15) is 4.79 Å². The van der Waals surface area contributed by atoms with Crippen LogP contribution in [-0.4, -0.2) is 73.9 Å². The highest BCUT2D eigenvalue weighted by molar-refractivity contribution is 5.76. The molecule has 3 aliphatic rings. The zero-order valence-electron chi connectivity index (χ0n) is 23.0.